The molecule has 0 saturated heterocycles. The van der Waals surface area contributed by atoms with E-state index in [0.29, 0.717) is 13.1 Å². The number of carbonyl (C=O) groups excluding carboxylic acids is 1. The molecule has 0 aromatic heterocycles. The van der Waals surface area contributed by atoms with Crippen LogP contribution in [0.5, 0.6) is 0 Å². The van der Waals surface area contributed by atoms with E-state index in [2.05, 4.69) is 0 Å². The van der Waals surface area contributed by atoms with Crippen molar-refractivity contribution < 1.29 is 27.3 Å². The minimum Gasteiger partial charge on any atom is -0.550 e. The van der Waals surface area contributed by atoms with Crippen molar-refractivity contribution in [3.05, 3.63) is 0 Å². The summed E-state index contributed by atoms with van der Waals surface area (Å²) in [7, 11) is 0. The largest absolute Gasteiger partial charge is 2.00 e. The fourth-order valence-corrected chi connectivity index (χ4v) is 0. The predicted octanol–water partition coefficient (Wildman–Crippen LogP) is -2.34. The molecule has 9 heavy (non-hydrogen) atoms. The Balaban J connectivity index is -0.0000000720. The molecule has 0 aliphatic heterocycles. The van der Waals surface area contributed by atoms with Crippen LogP contribution in [0.2, 0.25) is 0 Å². The molecule has 0 aliphatic carbocycles. The Kier molecular flexibility index (Phi) is 27.8. The van der Waals surface area contributed by atoms with Gasteiger partial charge in [-0.3, -0.25) is 0 Å². The van der Waals surface area contributed by atoms with Crippen LogP contribution >= 0.6 is 0 Å². The summed E-state index contributed by atoms with van der Waals surface area (Å²) in [4.78, 5) is 8.89. The summed E-state index contributed by atoms with van der Waals surface area (Å²) in [6.07, 6.45) is 0. The van der Waals surface area contributed by atoms with Crippen LogP contribution < -0.4 is 16.6 Å². The molecule has 0 rings (SSSR count). The molecule has 4 N–H and O–H groups in total. The third kappa shape index (κ3) is 327. The van der Waals surface area contributed by atoms with Gasteiger partial charge in [0.25, 0.3) is 0 Å². The van der Waals surface area contributed by atoms with Gasteiger partial charge in [0.15, 0.2) is 0 Å². The van der Waals surface area contributed by atoms with Crippen LogP contribution in [-0.2, 0) is 22.2 Å². The number of carboxylic acids is 1. The van der Waals surface area contributed by atoms with Gasteiger partial charge in [-0.05, 0) is 6.92 Å². The Morgan fingerprint density at radius 3 is 1.56 bits per heavy atom. The fourth-order valence-electron chi connectivity index (χ4n) is 0. The molecule has 0 radical (unpaired) electrons. The van der Waals surface area contributed by atoms with Gasteiger partial charge in [0.05, 0.1) is 0 Å². The molecule has 0 aromatic rings. The van der Waals surface area contributed by atoms with E-state index in [0.717, 1.165) is 6.92 Å². The maximum Gasteiger partial charge on any atom is 2.00 e. The molecule has 0 heterocycles. The zero-order chi connectivity index (χ0) is 6.99. The number of rotatable bonds is 1. The second kappa shape index (κ2) is 15.7. The van der Waals surface area contributed by atoms with Crippen LogP contribution in [0.15, 0.2) is 0 Å². The molecule has 5 heteroatoms. The van der Waals surface area contributed by atoms with E-state index >= 15 is 0 Å². The second-order valence-electron chi connectivity index (χ2n) is 1.07. The standard InChI is InChI=1S/C2H8N2.C2H4O2.Cr/c3-1-2-4;1-2(3)4;/h1-4H2;1H3,(H,3,4);/q;;+2/p-1. The van der Waals surface area contributed by atoms with Crippen LogP contribution in [0.3, 0.4) is 0 Å². The molecule has 0 saturated carbocycles. The van der Waals surface area contributed by atoms with Crippen molar-refractivity contribution in [1.29, 1.82) is 0 Å². The Hall–Kier alpha value is -0.0775. The zero-order valence-electron chi connectivity index (χ0n) is 5.29. The summed E-state index contributed by atoms with van der Waals surface area (Å²) in [5.41, 5.74) is 9.81. The Labute approximate surface area is 65.3 Å². The molecule has 0 aromatic carbocycles. The van der Waals surface area contributed by atoms with E-state index in [1.165, 1.54) is 0 Å². The minimum atomic E-state index is -1.08. The summed E-state index contributed by atoms with van der Waals surface area (Å²) in [5, 5.41) is 8.89. The third-order valence-corrected chi connectivity index (χ3v) is 0.167. The van der Waals surface area contributed by atoms with Gasteiger partial charge in [-0.1, -0.05) is 0 Å². The molecule has 0 amide bonds. The van der Waals surface area contributed by atoms with Crippen molar-refractivity contribution in [2.45, 2.75) is 6.92 Å². The van der Waals surface area contributed by atoms with Gasteiger partial charge in [-0.2, -0.15) is 0 Å². The number of carboxylic acid groups (broad SMARTS) is 1. The smallest absolute Gasteiger partial charge is 0.550 e. The van der Waals surface area contributed by atoms with E-state index in [9.17, 15) is 0 Å². The summed E-state index contributed by atoms with van der Waals surface area (Å²) in [5.74, 6) is -1.08. The average molecular weight is 171 g/mol. The number of hydrogen-bond donors (Lipinski definition) is 2. The monoisotopic (exact) mass is 171 g/mol. The molecule has 0 fully saturated rings. The third-order valence-electron chi connectivity index (χ3n) is 0.167. The van der Waals surface area contributed by atoms with E-state index in [-0.39, 0.29) is 17.4 Å². The molecule has 0 bridgehead atoms. The summed E-state index contributed by atoms with van der Waals surface area (Å²) in [6.45, 7) is 2.17. The van der Waals surface area contributed by atoms with Crippen LogP contribution in [0.25, 0.3) is 0 Å². The molecule has 0 spiro atoms. The first-order valence-electron chi connectivity index (χ1n) is 2.22. The van der Waals surface area contributed by atoms with Gasteiger partial charge in [0, 0.05) is 19.1 Å². The van der Waals surface area contributed by atoms with Gasteiger partial charge in [0.1, 0.15) is 0 Å². The molecule has 0 aliphatic rings. The second-order valence-corrected chi connectivity index (χ2v) is 1.07. The fraction of sp³-hybridized carbons (Fsp3) is 0.750. The molecular weight excluding hydrogens is 160 g/mol. The van der Waals surface area contributed by atoms with E-state index < -0.39 is 5.97 Å². The van der Waals surface area contributed by atoms with E-state index in [1.54, 1.807) is 0 Å². The number of hydrogen-bond acceptors (Lipinski definition) is 4. The van der Waals surface area contributed by atoms with Crippen LogP contribution in [-0.4, -0.2) is 19.1 Å². The van der Waals surface area contributed by atoms with Crippen LogP contribution in [0, 0.1) is 0 Å². The van der Waals surface area contributed by atoms with E-state index in [4.69, 9.17) is 21.4 Å². The van der Waals surface area contributed by atoms with Crippen molar-refractivity contribution in [2.75, 3.05) is 13.1 Å². The summed E-state index contributed by atoms with van der Waals surface area (Å²) < 4.78 is 0. The van der Waals surface area contributed by atoms with Gasteiger partial charge in [0.2, 0.25) is 0 Å². The Bertz CT molecular complexity index is 54.5. The number of aliphatic carboxylic acids is 1. The van der Waals surface area contributed by atoms with Gasteiger partial charge < -0.3 is 21.4 Å². The van der Waals surface area contributed by atoms with Crippen LogP contribution in [0.4, 0.5) is 0 Å². The van der Waals surface area contributed by atoms with Gasteiger partial charge in [-0.15, -0.1) is 0 Å². The number of nitrogens with two attached hydrogens (primary N) is 2. The first-order chi connectivity index (χ1) is 3.65. The normalized spacial score (nSPS) is 6.11. The molecule has 0 atom stereocenters. The van der Waals surface area contributed by atoms with Crippen molar-refractivity contribution in [3.8, 4) is 0 Å². The molecule has 0 unspecified atom stereocenters. The minimum absolute atomic E-state index is 0. The number of carbonyl (C=O) groups is 1. The molecule has 4 nitrogen and oxygen atoms in total. The maximum atomic E-state index is 8.89. The maximum absolute atomic E-state index is 8.89. The van der Waals surface area contributed by atoms with Gasteiger partial charge in [-0.25, -0.2) is 0 Å². The Morgan fingerprint density at radius 1 is 1.44 bits per heavy atom. The first-order valence-corrected chi connectivity index (χ1v) is 2.22. The van der Waals surface area contributed by atoms with Crippen molar-refractivity contribution in [3.63, 3.8) is 0 Å². The quantitative estimate of drug-likeness (QED) is 0.462. The van der Waals surface area contributed by atoms with Crippen molar-refractivity contribution in [1.82, 2.24) is 0 Å². The summed E-state index contributed by atoms with van der Waals surface area (Å²) >= 11 is 0. The van der Waals surface area contributed by atoms with E-state index in [1.807, 2.05) is 0 Å². The summed E-state index contributed by atoms with van der Waals surface area (Å²) in [6, 6.07) is 0. The zero-order valence-corrected chi connectivity index (χ0v) is 6.57. The van der Waals surface area contributed by atoms with Crippen molar-refractivity contribution >= 4 is 5.97 Å². The first kappa shape index (κ1) is 16.0. The topological polar surface area (TPSA) is 92.2 Å². The SMILES string of the molecule is CC(=O)[O-].NCCN.[Cr+2]. The van der Waals surface area contributed by atoms with Gasteiger partial charge >= 0.3 is 17.4 Å². The predicted molar refractivity (Wildman–Crippen MR) is 28.8 cm³/mol. The molecule has 54 valence electrons. The van der Waals surface area contributed by atoms with Crippen molar-refractivity contribution in [2.24, 2.45) is 11.5 Å². The average Bonchev–Trinajstić information content (AvgIpc) is 1.65. The Morgan fingerprint density at radius 2 is 1.56 bits per heavy atom. The van der Waals surface area contributed by atoms with Crippen LogP contribution in [0.1, 0.15) is 6.92 Å². The molecular formula is C4H11CrN2O2+.